The van der Waals surface area contributed by atoms with Crippen molar-refractivity contribution in [2.45, 2.75) is 30.7 Å². The van der Waals surface area contributed by atoms with E-state index >= 15 is 0 Å². The molecule has 2 aliphatic rings. The molecule has 0 fully saturated rings. The van der Waals surface area contributed by atoms with Gasteiger partial charge in [-0.25, -0.2) is 8.42 Å². The summed E-state index contributed by atoms with van der Waals surface area (Å²) in [4.78, 5) is 11.7. The third kappa shape index (κ3) is 2.99. The fourth-order valence-electron chi connectivity index (χ4n) is 3.53. The van der Waals surface area contributed by atoms with Gasteiger partial charge in [-0.3, -0.25) is 9.10 Å². The fraction of sp³-hybridized carbons (Fsp3) is 0.316. The third-order valence-electron chi connectivity index (χ3n) is 4.90. The molecule has 0 saturated heterocycles. The number of nitrogens with zero attached hydrogens (tertiary/aromatic N) is 1. The summed E-state index contributed by atoms with van der Waals surface area (Å²) in [5, 5.41) is 2.66. The summed E-state index contributed by atoms with van der Waals surface area (Å²) in [6.45, 7) is 1.82. The Labute approximate surface area is 157 Å². The molecule has 2 aliphatic heterocycles. The number of hydrogen-bond acceptors (Lipinski definition) is 5. The first kappa shape index (κ1) is 17.7. The summed E-state index contributed by atoms with van der Waals surface area (Å²) in [5.41, 5.74) is 1.96. The highest BCUT2D eigenvalue weighted by atomic mass is 32.2. The first-order valence-electron chi connectivity index (χ1n) is 8.68. The molecular formula is C19H20N2O5S. The second-order valence-electron chi connectivity index (χ2n) is 6.68. The number of aryl methyl sites for hydroxylation is 1. The Morgan fingerprint density at radius 3 is 2.81 bits per heavy atom. The van der Waals surface area contributed by atoms with Crippen LogP contribution < -0.4 is 19.1 Å². The number of carbonyl (C=O) groups excluding carboxylic acids is 1. The van der Waals surface area contributed by atoms with E-state index in [9.17, 15) is 13.2 Å². The number of nitrogens with one attached hydrogen (secondary N) is 1. The first-order chi connectivity index (χ1) is 12.9. The maximum Gasteiger partial charge on any atom is 0.264 e. The van der Waals surface area contributed by atoms with Gasteiger partial charge in [0.25, 0.3) is 15.9 Å². The topological polar surface area (TPSA) is 84.9 Å². The summed E-state index contributed by atoms with van der Waals surface area (Å²) in [6, 6.07) is 9.78. The molecule has 0 saturated carbocycles. The maximum atomic E-state index is 13.4. The van der Waals surface area contributed by atoms with Crippen molar-refractivity contribution in [2.24, 2.45) is 0 Å². The van der Waals surface area contributed by atoms with Crippen LogP contribution in [0.15, 0.2) is 41.3 Å². The lowest BCUT2D eigenvalue weighted by molar-refractivity contribution is -0.118. The van der Waals surface area contributed by atoms with Crippen LogP contribution in [0.3, 0.4) is 0 Å². The number of ether oxygens (including phenoxy) is 2. The molecule has 0 bridgehead atoms. The van der Waals surface area contributed by atoms with Crippen LogP contribution in [-0.4, -0.2) is 34.1 Å². The van der Waals surface area contributed by atoms with Gasteiger partial charge < -0.3 is 14.8 Å². The smallest absolute Gasteiger partial charge is 0.264 e. The van der Waals surface area contributed by atoms with Crippen LogP contribution in [-0.2, 0) is 21.2 Å². The molecule has 1 atom stereocenters. The summed E-state index contributed by atoms with van der Waals surface area (Å²) >= 11 is 0. The quantitative estimate of drug-likeness (QED) is 0.874. The van der Waals surface area contributed by atoms with Gasteiger partial charge in [0, 0.05) is 6.04 Å². The second-order valence-corrected chi connectivity index (χ2v) is 8.49. The van der Waals surface area contributed by atoms with Crippen molar-refractivity contribution in [3.05, 3.63) is 42.0 Å². The van der Waals surface area contributed by atoms with Crippen molar-refractivity contribution in [3.63, 3.8) is 0 Å². The Balaban J connectivity index is 1.78. The monoisotopic (exact) mass is 388 g/mol. The normalized spacial score (nSPS) is 18.8. The van der Waals surface area contributed by atoms with Crippen molar-refractivity contribution in [1.29, 1.82) is 0 Å². The zero-order valence-corrected chi connectivity index (χ0v) is 15.9. The lowest BCUT2D eigenvalue weighted by Crippen LogP contribution is -2.42. The van der Waals surface area contributed by atoms with Crippen molar-refractivity contribution >= 4 is 27.3 Å². The predicted molar refractivity (Wildman–Crippen MR) is 101 cm³/mol. The molecule has 4 rings (SSSR count). The van der Waals surface area contributed by atoms with E-state index in [1.54, 1.807) is 25.3 Å². The summed E-state index contributed by atoms with van der Waals surface area (Å²) in [7, 11) is -2.22. The van der Waals surface area contributed by atoms with E-state index in [2.05, 4.69) is 5.32 Å². The second kappa shape index (κ2) is 6.45. The number of rotatable bonds is 3. The van der Waals surface area contributed by atoms with Gasteiger partial charge in [-0.05, 0) is 61.7 Å². The van der Waals surface area contributed by atoms with Gasteiger partial charge >= 0.3 is 0 Å². The largest absolute Gasteiger partial charge is 0.497 e. The Kier molecular flexibility index (Phi) is 4.22. The average Bonchev–Trinajstić information content (AvgIpc) is 2.66. The summed E-state index contributed by atoms with van der Waals surface area (Å²) < 4.78 is 38.9. The van der Waals surface area contributed by atoms with E-state index < -0.39 is 10.0 Å². The molecule has 0 aliphatic carbocycles. The minimum atomic E-state index is -3.81. The molecule has 142 valence electrons. The van der Waals surface area contributed by atoms with E-state index in [-0.39, 0.29) is 23.5 Å². The maximum absolute atomic E-state index is 13.4. The van der Waals surface area contributed by atoms with Crippen LogP contribution in [0.5, 0.6) is 11.5 Å². The first-order valence-corrected chi connectivity index (χ1v) is 10.1. The zero-order chi connectivity index (χ0) is 19.2. The Morgan fingerprint density at radius 2 is 2.04 bits per heavy atom. The van der Waals surface area contributed by atoms with Gasteiger partial charge in [0.2, 0.25) is 0 Å². The highest BCUT2D eigenvalue weighted by Gasteiger charge is 2.34. The van der Waals surface area contributed by atoms with Gasteiger partial charge in [-0.2, -0.15) is 0 Å². The van der Waals surface area contributed by atoms with E-state index in [0.717, 1.165) is 12.0 Å². The lowest BCUT2D eigenvalue weighted by atomic mass is 9.99. The number of fused-ring (bicyclic) bond motifs is 2. The van der Waals surface area contributed by atoms with Gasteiger partial charge in [0.15, 0.2) is 6.61 Å². The number of hydrogen-bond donors (Lipinski definition) is 1. The van der Waals surface area contributed by atoms with Crippen molar-refractivity contribution in [2.75, 3.05) is 23.3 Å². The fourth-order valence-corrected chi connectivity index (χ4v) is 5.28. The van der Waals surface area contributed by atoms with E-state index in [1.807, 2.05) is 13.0 Å². The highest BCUT2D eigenvalue weighted by molar-refractivity contribution is 7.92. The summed E-state index contributed by atoms with van der Waals surface area (Å²) in [5.74, 6) is 0.862. The van der Waals surface area contributed by atoms with Crippen molar-refractivity contribution in [3.8, 4) is 11.5 Å². The number of sulfonamides is 1. The molecule has 0 unspecified atom stereocenters. The molecule has 2 aromatic rings. The third-order valence-corrected chi connectivity index (χ3v) is 6.82. The average molecular weight is 388 g/mol. The lowest BCUT2D eigenvalue weighted by Gasteiger charge is -2.36. The number of benzene rings is 2. The van der Waals surface area contributed by atoms with Crippen molar-refractivity contribution < 1.29 is 22.7 Å². The molecule has 2 aromatic carbocycles. The Hall–Kier alpha value is -2.74. The SMILES string of the molecule is COc1ccc2c(c1)CC[C@H](C)N2S(=O)(=O)c1ccc2c(c1)NC(=O)CO2. The number of amides is 1. The summed E-state index contributed by atoms with van der Waals surface area (Å²) in [6.07, 6.45) is 1.50. The minimum Gasteiger partial charge on any atom is -0.497 e. The Morgan fingerprint density at radius 1 is 1.22 bits per heavy atom. The van der Waals surface area contributed by atoms with Gasteiger partial charge in [0.05, 0.1) is 23.4 Å². The molecule has 8 heteroatoms. The highest BCUT2D eigenvalue weighted by Crippen LogP contribution is 2.38. The number of carbonyl (C=O) groups is 1. The molecule has 0 aromatic heterocycles. The molecule has 1 amide bonds. The minimum absolute atomic E-state index is 0.0720. The van der Waals surface area contributed by atoms with Gasteiger partial charge in [0.1, 0.15) is 11.5 Å². The van der Waals surface area contributed by atoms with Crippen LogP contribution >= 0.6 is 0 Å². The van der Waals surface area contributed by atoms with Gasteiger partial charge in [-0.15, -0.1) is 0 Å². The van der Waals surface area contributed by atoms with Crippen LogP contribution in [0.2, 0.25) is 0 Å². The standard InChI is InChI=1S/C19H20N2O5S/c1-12-3-4-13-9-14(25-2)5-7-17(13)21(12)27(23,24)15-6-8-18-16(10-15)20-19(22)11-26-18/h5-10,12H,3-4,11H2,1-2H3,(H,20,22)/t12-/m0/s1. The van der Waals surface area contributed by atoms with Crippen LogP contribution in [0.1, 0.15) is 18.9 Å². The number of methoxy groups -OCH3 is 1. The molecular weight excluding hydrogens is 368 g/mol. The van der Waals surface area contributed by atoms with Crippen LogP contribution in [0.25, 0.3) is 0 Å². The molecule has 7 nitrogen and oxygen atoms in total. The molecule has 0 spiro atoms. The molecule has 0 radical (unpaired) electrons. The molecule has 1 N–H and O–H groups in total. The van der Waals surface area contributed by atoms with Crippen molar-refractivity contribution in [1.82, 2.24) is 0 Å². The molecule has 27 heavy (non-hydrogen) atoms. The van der Waals surface area contributed by atoms with E-state index in [1.165, 1.54) is 16.4 Å². The van der Waals surface area contributed by atoms with Crippen LogP contribution in [0.4, 0.5) is 11.4 Å². The zero-order valence-electron chi connectivity index (χ0n) is 15.1. The number of anilines is 2. The van der Waals surface area contributed by atoms with Crippen LogP contribution in [0, 0.1) is 0 Å². The van der Waals surface area contributed by atoms with E-state index in [0.29, 0.717) is 29.3 Å². The Bertz CT molecular complexity index is 1020. The molecule has 2 heterocycles. The van der Waals surface area contributed by atoms with Gasteiger partial charge in [-0.1, -0.05) is 0 Å². The van der Waals surface area contributed by atoms with E-state index in [4.69, 9.17) is 9.47 Å². The predicted octanol–water partition coefficient (Wildman–Crippen LogP) is 2.56.